The Morgan fingerprint density at radius 3 is 2.80 bits per heavy atom. The van der Waals surface area contributed by atoms with Crippen molar-refractivity contribution in [3.63, 3.8) is 0 Å². The number of carboxylic acid groups (broad SMARTS) is 1. The molecule has 2 N–H and O–H groups in total. The predicted octanol–water partition coefficient (Wildman–Crippen LogP) is 3.32. The van der Waals surface area contributed by atoms with Gasteiger partial charge in [0.15, 0.2) is 0 Å². The summed E-state index contributed by atoms with van der Waals surface area (Å²) in [7, 11) is 0. The second-order valence-corrected chi connectivity index (χ2v) is 7.37. The third-order valence-corrected chi connectivity index (χ3v) is 5.98. The van der Waals surface area contributed by atoms with Crippen LogP contribution >= 0.6 is 11.3 Å². The number of hydrogen-bond acceptors (Lipinski definition) is 4. The highest BCUT2D eigenvalue weighted by molar-refractivity contribution is 7.09. The first kappa shape index (κ1) is 15.4. The lowest BCUT2D eigenvalue weighted by atomic mass is 9.61. The number of hydrogen-bond donors (Lipinski definition) is 2. The highest BCUT2D eigenvalue weighted by Gasteiger charge is 2.46. The number of aromatic nitrogens is 1. The zero-order valence-electron chi connectivity index (χ0n) is 12.6. The van der Waals surface area contributed by atoms with E-state index in [1.165, 1.54) is 0 Å². The average molecular weight is 296 g/mol. The van der Waals surface area contributed by atoms with Gasteiger partial charge in [0.2, 0.25) is 0 Å². The van der Waals surface area contributed by atoms with Crippen LogP contribution in [0.15, 0.2) is 11.6 Å². The van der Waals surface area contributed by atoms with E-state index in [4.69, 9.17) is 0 Å². The van der Waals surface area contributed by atoms with Crippen LogP contribution in [0.1, 0.15) is 51.6 Å². The minimum atomic E-state index is -0.659. The molecule has 1 aromatic rings. The van der Waals surface area contributed by atoms with Crippen molar-refractivity contribution in [2.75, 3.05) is 0 Å². The second-order valence-electron chi connectivity index (χ2n) is 6.44. The molecular formula is C15H24N2O2S. The largest absolute Gasteiger partial charge is 0.481 e. The first-order valence-corrected chi connectivity index (χ1v) is 8.10. The van der Waals surface area contributed by atoms with E-state index in [1.54, 1.807) is 11.3 Å². The van der Waals surface area contributed by atoms with Crippen molar-refractivity contribution in [3.8, 4) is 0 Å². The highest BCUT2D eigenvalue weighted by atomic mass is 32.1. The fourth-order valence-corrected chi connectivity index (χ4v) is 3.97. The molecule has 1 fully saturated rings. The van der Waals surface area contributed by atoms with Gasteiger partial charge in [0.05, 0.1) is 12.0 Å². The van der Waals surface area contributed by atoms with Gasteiger partial charge in [0.1, 0.15) is 5.01 Å². The van der Waals surface area contributed by atoms with Crippen molar-refractivity contribution < 1.29 is 9.90 Å². The Balaban J connectivity index is 2.06. The van der Waals surface area contributed by atoms with Crippen LogP contribution in [-0.2, 0) is 4.79 Å². The van der Waals surface area contributed by atoms with Gasteiger partial charge in [-0.2, -0.15) is 0 Å². The molecule has 0 saturated heterocycles. The number of aliphatic carboxylic acids is 1. The van der Waals surface area contributed by atoms with Gasteiger partial charge in [-0.3, -0.25) is 4.79 Å². The van der Waals surface area contributed by atoms with Crippen LogP contribution in [0.3, 0.4) is 0 Å². The summed E-state index contributed by atoms with van der Waals surface area (Å²) in [6, 6.07) is 0.569. The van der Waals surface area contributed by atoms with Gasteiger partial charge < -0.3 is 10.4 Å². The third-order valence-electron chi connectivity index (χ3n) is 5.03. The molecule has 2 rings (SSSR count). The van der Waals surface area contributed by atoms with Crippen molar-refractivity contribution in [2.24, 2.45) is 17.3 Å². The van der Waals surface area contributed by atoms with Crippen molar-refractivity contribution >= 4 is 17.3 Å². The van der Waals surface area contributed by atoms with Crippen molar-refractivity contribution in [1.82, 2.24) is 10.3 Å². The van der Waals surface area contributed by atoms with E-state index in [1.807, 2.05) is 11.6 Å². The van der Waals surface area contributed by atoms with Crippen LogP contribution < -0.4 is 5.32 Å². The SMILES string of the molecule is CC(NC1CCC(C(=O)O)C(C)(C)C1C)c1nccs1. The van der Waals surface area contributed by atoms with E-state index in [2.05, 4.69) is 38.0 Å². The van der Waals surface area contributed by atoms with Gasteiger partial charge in [0, 0.05) is 17.6 Å². The van der Waals surface area contributed by atoms with Crippen molar-refractivity contribution in [2.45, 2.75) is 52.6 Å². The molecule has 0 aromatic carbocycles. The molecular weight excluding hydrogens is 272 g/mol. The molecule has 4 unspecified atom stereocenters. The van der Waals surface area contributed by atoms with Crippen LogP contribution in [0, 0.1) is 17.3 Å². The van der Waals surface area contributed by atoms with Crippen LogP contribution in [0.25, 0.3) is 0 Å². The Morgan fingerprint density at radius 1 is 1.55 bits per heavy atom. The number of nitrogens with zero attached hydrogens (tertiary/aromatic N) is 1. The Kier molecular flexibility index (Phi) is 4.49. The molecule has 20 heavy (non-hydrogen) atoms. The Hall–Kier alpha value is -0.940. The summed E-state index contributed by atoms with van der Waals surface area (Å²) >= 11 is 1.66. The number of carboxylic acids is 1. The molecule has 1 aliphatic carbocycles. The molecule has 0 radical (unpaired) electrons. The number of rotatable bonds is 4. The molecule has 4 atom stereocenters. The monoisotopic (exact) mass is 296 g/mol. The first-order valence-electron chi connectivity index (χ1n) is 7.22. The van der Waals surface area contributed by atoms with E-state index in [-0.39, 0.29) is 17.4 Å². The van der Waals surface area contributed by atoms with Crippen LogP contribution in [-0.4, -0.2) is 22.1 Å². The zero-order valence-corrected chi connectivity index (χ0v) is 13.4. The fourth-order valence-electron chi connectivity index (χ4n) is 3.31. The molecule has 112 valence electrons. The van der Waals surface area contributed by atoms with Crippen molar-refractivity contribution in [1.29, 1.82) is 0 Å². The maximum absolute atomic E-state index is 11.4. The van der Waals surface area contributed by atoms with Gasteiger partial charge in [0.25, 0.3) is 0 Å². The number of nitrogens with one attached hydrogen (secondary N) is 1. The van der Waals surface area contributed by atoms with E-state index >= 15 is 0 Å². The molecule has 1 aromatic heterocycles. The predicted molar refractivity (Wildman–Crippen MR) is 80.8 cm³/mol. The summed E-state index contributed by atoms with van der Waals surface area (Å²) in [5, 5.41) is 16.1. The van der Waals surface area contributed by atoms with E-state index in [0.717, 1.165) is 17.8 Å². The quantitative estimate of drug-likeness (QED) is 0.894. The molecule has 1 saturated carbocycles. The molecule has 1 aliphatic rings. The lowest BCUT2D eigenvalue weighted by Gasteiger charge is -2.47. The van der Waals surface area contributed by atoms with E-state index in [9.17, 15) is 9.90 Å². The molecule has 0 amide bonds. The minimum Gasteiger partial charge on any atom is -0.481 e. The van der Waals surface area contributed by atoms with Crippen LogP contribution in [0.4, 0.5) is 0 Å². The van der Waals surface area contributed by atoms with E-state index in [0.29, 0.717) is 12.0 Å². The Labute approximate surface area is 124 Å². The zero-order chi connectivity index (χ0) is 14.9. The Morgan fingerprint density at radius 2 is 2.25 bits per heavy atom. The maximum atomic E-state index is 11.4. The topological polar surface area (TPSA) is 62.2 Å². The summed E-state index contributed by atoms with van der Waals surface area (Å²) in [5.41, 5.74) is -0.190. The van der Waals surface area contributed by atoms with E-state index < -0.39 is 5.97 Å². The highest BCUT2D eigenvalue weighted by Crippen LogP contribution is 2.45. The molecule has 4 nitrogen and oxygen atoms in total. The fraction of sp³-hybridized carbons (Fsp3) is 0.733. The number of carbonyl (C=O) groups is 1. The van der Waals surface area contributed by atoms with Crippen LogP contribution in [0.2, 0.25) is 0 Å². The summed E-state index contributed by atoms with van der Waals surface area (Å²) in [6.07, 6.45) is 3.49. The molecule has 5 heteroatoms. The number of thiazole rings is 1. The molecule has 1 heterocycles. The summed E-state index contributed by atoms with van der Waals surface area (Å²) in [5.74, 6) is -0.584. The smallest absolute Gasteiger partial charge is 0.307 e. The third kappa shape index (κ3) is 2.88. The molecule has 0 bridgehead atoms. The summed E-state index contributed by atoms with van der Waals surface area (Å²) in [4.78, 5) is 15.8. The molecule has 0 spiro atoms. The van der Waals surface area contributed by atoms with Gasteiger partial charge in [-0.25, -0.2) is 4.98 Å². The standard InChI is InChI=1S/C15H24N2O2S/c1-9-12(17-10(2)13-16-7-8-20-13)6-5-11(14(18)19)15(9,3)4/h7-12,17H,5-6H2,1-4H3,(H,18,19). The van der Waals surface area contributed by atoms with Gasteiger partial charge in [-0.05, 0) is 31.1 Å². The average Bonchev–Trinajstić information content (AvgIpc) is 2.88. The summed E-state index contributed by atoms with van der Waals surface area (Å²) in [6.45, 7) is 8.46. The molecule has 0 aliphatic heterocycles. The van der Waals surface area contributed by atoms with Gasteiger partial charge in [-0.1, -0.05) is 20.8 Å². The second kappa shape index (κ2) is 5.82. The lowest BCUT2D eigenvalue weighted by molar-refractivity contribution is -0.150. The lowest BCUT2D eigenvalue weighted by Crippen LogP contribution is -2.51. The Bertz CT molecular complexity index is 458. The van der Waals surface area contributed by atoms with Gasteiger partial charge >= 0.3 is 5.97 Å². The minimum absolute atomic E-state index is 0.190. The first-order chi connectivity index (χ1) is 9.34. The van der Waals surface area contributed by atoms with Gasteiger partial charge in [-0.15, -0.1) is 11.3 Å². The maximum Gasteiger partial charge on any atom is 0.307 e. The normalized spacial score (nSPS) is 30.9. The summed E-state index contributed by atoms with van der Waals surface area (Å²) < 4.78 is 0. The van der Waals surface area contributed by atoms with Crippen molar-refractivity contribution in [3.05, 3.63) is 16.6 Å². The van der Waals surface area contributed by atoms with Crippen LogP contribution in [0.5, 0.6) is 0 Å².